The maximum atomic E-state index is 6.19. The molecule has 1 aromatic rings. The third kappa shape index (κ3) is 3.10. The van der Waals surface area contributed by atoms with Gasteiger partial charge in [-0.15, -0.1) is 0 Å². The first-order chi connectivity index (χ1) is 9.67. The Morgan fingerprint density at radius 3 is 2.55 bits per heavy atom. The van der Waals surface area contributed by atoms with Crippen molar-refractivity contribution in [1.29, 1.82) is 0 Å². The van der Waals surface area contributed by atoms with Crippen LogP contribution in [0.5, 0.6) is 11.5 Å². The first-order valence-corrected chi connectivity index (χ1v) is 7.12. The molecule has 0 radical (unpaired) electrons. The minimum atomic E-state index is 0.384. The number of hydrogen-bond donors (Lipinski definition) is 1. The smallest absolute Gasteiger partial charge is 0.163 e. The molecule has 0 aliphatic carbocycles. The van der Waals surface area contributed by atoms with E-state index in [4.69, 9.17) is 19.9 Å². The van der Waals surface area contributed by atoms with E-state index in [1.54, 1.807) is 7.11 Å². The monoisotopic (exact) mass is 280 g/mol. The highest BCUT2D eigenvalue weighted by molar-refractivity contribution is 5.73. The second-order valence-corrected chi connectivity index (χ2v) is 5.00. The van der Waals surface area contributed by atoms with Crippen molar-refractivity contribution in [2.24, 2.45) is 0 Å². The van der Waals surface area contributed by atoms with Crippen molar-refractivity contribution < 1.29 is 14.2 Å². The van der Waals surface area contributed by atoms with E-state index in [1.807, 2.05) is 12.1 Å². The van der Waals surface area contributed by atoms with Crippen LogP contribution >= 0.6 is 0 Å². The van der Waals surface area contributed by atoms with Crippen molar-refractivity contribution in [3.63, 3.8) is 0 Å². The van der Waals surface area contributed by atoms with E-state index < -0.39 is 0 Å². The zero-order valence-corrected chi connectivity index (χ0v) is 12.5. The highest BCUT2D eigenvalue weighted by atomic mass is 16.6. The normalized spacial score (nSPS) is 14.9. The third-order valence-corrected chi connectivity index (χ3v) is 3.66. The first kappa shape index (κ1) is 14.8. The van der Waals surface area contributed by atoms with Gasteiger partial charge >= 0.3 is 0 Å². The van der Waals surface area contributed by atoms with Crippen molar-refractivity contribution in [3.8, 4) is 11.5 Å². The fourth-order valence-corrected chi connectivity index (χ4v) is 2.33. The molecule has 5 heteroatoms. The van der Waals surface area contributed by atoms with Gasteiger partial charge in [0.05, 0.1) is 18.0 Å². The Bertz CT molecular complexity index is 451. The van der Waals surface area contributed by atoms with Crippen LogP contribution in [0, 0.1) is 0 Å². The van der Waals surface area contributed by atoms with Gasteiger partial charge in [-0.1, -0.05) is 6.92 Å². The van der Waals surface area contributed by atoms with Gasteiger partial charge in [0.15, 0.2) is 11.5 Å². The van der Waals surface area contributed by atoms with Crippen LogP contribution in [-0.2, 0) is 4.74 Å². The number of methoxy groups -OCH3 is 1. The SMILES string of the molecule is CCC(C)N(CCOC)c1cc2c(cc1N)OCCO2. The zero-order chi connectivity index (χ0) is 14.5. The largest absolute Gasteiger partial charge is 0.486 e. The molecule has 0 spiro atoms. The average Bonchev–Trinajstić information content (AvgIpc) is 2.47. The van der Waals surface area contributed by atoms with E-state index >= 15 is 0 Å². The average molecular weight is 280 g/mol. The van der Waals surface area contributed by atoms with Gasteiger partial charge in [0.1, 0.15) is 13.2 Å². The standard InChI is InChI=1S/C15H24N2O3/c1-4-11(2)17(5-6-18-3)13-10-15-14(9-12(13)16)19-7-8-20-15/h9-11H,4-8,16H2,1-3H3. The topological polar surface area (TPSA) is 57.0 Å². The fourth-order valence-electron chi connectivity index (χ4n) is 2.33. The maximum Gasteiger partial charge on any atom is 0.163 e. The molecule has 1 aliphatic rings. The van der Waals surface area contributed by atoms with E-state index in [2.05, 4.69) is 18.7 Å². The fraction of sp³-hybridized carbons (Fsp3) is 0.600. The number of nitrogen functional groups attached to an aromatic ring is 1. The summed E-state index contributed by atoms with van der Waals surface area (Å²) in [5, 5.41) is 0. The molecule has 2 N–H and O–H groups in total. The molecule has 0 aromatic heterocycles. The third-order valence-electron chi connectivity index (χ3n) is 3.66. The van der Waals surface area contributed by atoms with E-state index in [0.717, 1.165) is 30.2 Å². The molecule has 0 saturated heterocycles. The number of hydrogen-bond acceptors (Lipinski definition) is 5. The number of benzene rings is 1. The second kappa shape index (κ2) is 6.70. The van der Waals surface area contributed by atoms with Gasteiger partial charge in [0, 0.05) is 31.8 Å². The van der Waals surface area contributed by atoms with Crippen LogP contribution in [0.25, 0.3) is 0 Å². The van der Waals surface area contributed by atoms with Gasteiger partial charge < -0.3 is 24.8 Å². The Morgan fingerprint density at radius 1 is 1.30 bits per heavy atom. The maximum absolute atomic E-state index is 6.19. The molecule has 1 atom stereocenters. The summed E-state index contributed by atoms with van der Waals surface area (Å²) in [6, 6.07) is 4.22. The van der Waals surface area contributed by atoms with Gasteiger partial charge in [0.2, 0.25) is 0 Å². The summed E-state index contributed by atoms with van der Waals surface area (Å²) < 4.78 is 16.4. The Hall–Kier alpha value is -1.62. The van der Waals surface area contributed by atoms with E-state index in [0.29, 0.717) is 31.5 Å². The minimum Gasteiger partial charge on any atom is -0.486 e. The molecule has 20 heavy (non-hydrogen) atoms. The Kier molecular flexibility index (Phi) is 4.95. The van der Waals surface area contributed by atoms with Crippen LogP contribution in [0.3, 0.4) is 0 Å². The van der Waals surface area contributed by atoms with Gasteiger partial charge in [-0.2, -0.15) is 0 Å². The van der Waals surface area contributed by atoms with Gasteiger partial charge in [-0.25, -0.2) is 0 Å². The van der Waals surface area contributed by atoms with Crippen molar-refractivity contribution in [1.82, 2.24) is 0 Å². The molecule has 5 nitrogen and oxygen atoms in total. The van der Waals surface area contributed by atoms with Crippen LogP contribution in [0.2, 0.25) is 0 Å². The molecule has 1 aliphatic heterocycles. The second-order valence-electron chi connectivity index (χ2n) is 5.00. The van der Waals surface area contributed by atoms with Crippen LogP contribution in [0.15, 0.2) is 12.1 Å². The molecule has 0 fully saturated rings. The Labute approximate surface area is 120 Å². The lowest BCUT2D eigenvalue weighted by Gasteiger charge is -2.32. The molecule has 0 bridgehead atoms. The van der Waals surface area contributed by atoms with E-state index in [1.165, 1.54) is 0 Å². The number of nitrogens with two attached hydrogens (primary N) is 1. The number of nitrogens with zero attached hydrogens (tertiary/aromatic N) is 1. The minimum absolute atomic E-state index is 0.384. The van der Waals surface area contributed by atoms with Crippen molar-refractivity contribution >= 4 is 11.4 Å². The predicted octanol–water partition coefficient (Wildman–Crippen LogP) is 2.29. The summed E-state index contributed by atoms with van der Waals surface area (Å²) in [4.78, 5) is 2.26. The van der Waals surface area contributed by atoms with E-state index in [9.17, 15) is 0 Å². The van der Waals surface area contributed by atoms with Crippen molar-refractivity contribution in [2.75, 3.05) is 44.1 Å². The highest BCUT2D eigenvalue weighted by Gasteiger charge is 2.20. The lowest BCUT2D eigenvalue weighted by atomic mass is 10.1. The first-order valence-electron chi connectivity index (χ1n) is 7.12. The van der Waals surface area contributed by atoms with Crippen molar-refractivity contribution in [3.05, 3.63) is 12.1 Å². The molecule has 2 rings (SSSR count). The van der Waals surface area contributed by atoms with Crippen LogP contribution < -0.4 is 20.1 Å². The highest BCUT2D eigenvalue weighted by Crippen LogP contribution is 2.39. The van der Waals surface area contributed by atoms with Crippen LogP contribution in [0.1, 0.15) is 20.3 Å². The molecule has 0 saturated carbocycles. The zero-order valence-electron chi connectivity index (χ0n) is 12.5. The lowest BCUT2D eigenvalue weighted by molar-refractivity contribution is 0.171. The summed E-state index contributed by atoms with van der Waals surface area (Å²) in [5.74, 6) is 1.50. The van der Waals surface area contributed by atoms with Crippen LogP contribution in [0.4, 0.5) is 11.4 Å². The molecule has 1 unspecified atom stereocenters. The molecule has 0 amide bonds. The Morgan fingerprint density at radius 2 is 1.95 bits per heavy atom. The predicted molar refractivity (Wildman–Crippen MR) is 80.8 cm³/mol. The van der Waals surface area contributed by atoms with Crippen LogP contribution in [-0.4, -0.2) is 39.5 Å². The van der Waals surface area contributed by atoms with Gasteiger partial charge in [-0.3, -0.25) is 0 Å². The molecular formula is C15H24N2O3. The Balaban J connectivity index is 2.31. The van der Waals surface area contributed by atoms with E-state index in [-0.39, 0.29) is 0 Å². The summed E-state index contributed by atoms with van der Waals surface area (Å²) in [7, 11) is 1.71. The quantitative estimate of drug-likeness (QED) is 0.810. The molecule has 1 aromatic carbocycles. The number of rotatable bonds is 6. The molecular weight excluding hydrogens is 256 g/mol. The van der Waals surface area contributed by atoms with Gasteiger partial charge in [0.25, 0.3) is 0 Å². The number of ether oxygens (including phenoxy) is 3. The molecule has 112 valence electrons. The number of fused-ring (bicyclic) bond motifs is 1. The summed E-state index contributed by atoms with van der Waals surface area (Å²) in [6.07, 6.45) is 1.04. The van der Waals surface area contributed by atoms with Gasteiger partial charge in [-0.05, 0) is 13.3 Å². The van der Waals surface area contributed by atoms with Crippen molar-refractivity contribution in [2.45, 2.75) is 26.3 Å². The summed E-state index contributed by atoms with van der Waals surface area (Å²) in [5.41, 5.74) is 7.89. The number of anilines is 2. The summed E-state index contributed by atoms with van der Waals surface area (Å²) >= 11 is 0. The summed E-state index contributed by atoms with van der Waals surface area (Å²) in [6.45, 7) is 6.97. The lowest BCUT2D eigenvalue weighted by Crippen LogP contribution is -2.36. The molecule has 1 heterocycles.